The van der Waals surface area contributed by atoms with E-state index in [1.807, 2.05) is 0 Å². The lowest BCUT2D eigenvalue weighted by Gasteiger charge is -2.52. The van der Waals surface area contributed by atoms with Crippen molar-refractivity contribution in [2.24, 2.45) is 0 Å². The molecule has 1 unspecified atom stereocenters. The van der Waals surface area contributed by atoms with Gasteiger partial charge in [0.2, 0.25) is 0 Å². The molecule has 1 N–H and O–H groups in total. The second-order valence-electron chi connectivity index (χ2n) is 5.71. The number of ether oxygens (including phenoxy) is 2. The van der Waals surface area contributed by atoms with Gasteiger partial charge in [0.15, 0.2) is 0 Å². The Balaban J connectivity index is 1.72. The van der Waals surface area contributed by atoms with Gasteiger partial charge < -0.3 is 9.47 Å². The van der Waals surface area contributed by atoms with Crippen LogP contribution in [0.3, 0.4) is 0 Å². The van der Waals surface area contributed by atoms with Crippen molar-refractivity contribution >= 4 is 0 Å². The summed E-state index contributed by atoms with van der Waals surface area (Å²) in [5.74, 6) is 0. The molecule has 0 aromatic rings. The zero-order valence-electron chi connectivity index (χ0n) is 10.1. The first-order valence-corrected chi connectivity index (χ1v) is 6.84. The first-order valence-electron chi connectivity index (χ1n) is 6.84. The van der Waals surface area contributed by atoms with E-state index in [1.165, 1.54) is 38.5 Å². The van der Waals surface area contributed by atoms with Gasteiger partial charge in [-0.2, -0.15) is 0 Å². The molecule has 0 amide bonds. The van der Waals surface area contributed by atoms with E-state index in [4.69, 9.17) is 9.47 Å². The molecule has 92 valence electrons. The van der Waals surface area contributed by atoms with Crippen LogP contribution in [0.15, 0.2) is 0 Å². The fraction of sp³-hybridized carbons (Fsp3) is 1.00. The highest BCUT2D eigenvalue weighted by Gasteiger charge is 2.46. The lowest BCUT2D eigenvalue weighted by Crippen LogP contribution is -2.67. The van der Waals surface area contributed by atoms with E-state index >= 15 is 0 Å². The molecule has 0 radical (unpaired) electrons. The number of hydrogen-bond acceptors (Lipinski definition) is 3. The molecule has 0 bridgehead atoms. The van der Waals surface area contributed by atoms with Crippen molar-refractivity contribution in [3.8, 4) is 0 Å². The molecular weight excluding hydrogens is 202 g/mol. The van der Waals surface area contributed by atoms with Crippen LogP contribution in [0, 0.1) is 0 Å². The van der Waals surface area contributed by atoms with Gasteiger partial charge in [0, 0.05) is 12.1 Å². The average molecular weight is 225 g/mol. The molecule has 1 saturated carbocycles. The molecule has 1 aliphatic carbocycles. The Morgan fingerprint density at radius 3 is 2.44 bits per heavy atom. The van der Waals surface area contributed by atoms with E-state index in [0.717, 1.165) is 32.7 Å². The molecule has 0 aromatic carbocycles. The van der Waals surface area contributed by atoms with Crippen molar-refractivity contribution in [3.05, 3.63) is 0 Å². The van der Waals surface area contributed by atoms with Crippen molar-refractivity contribution in [1.82, 2.24) is 5.32 Å². The highest BCUT2D eigenvalue weighted by atomic mass is 16.6. The van der Waals surface area contributed by atoms with Gasteiger partial charge in [-0.05, 0) is 32.1 Å². The summed E-state index contributed by atoms with van der Waals surface area (Å²) in [5.41, 5.74) is 0.227. The van der Waals surface area contributed by atoms with Crippen LogP contribution < -0.4 is 5.32 Å². The Labute approximate surface area is 97.9 Å². The monoisotopic (exact) mass is 225 g/mol. The molecule has 2 heterocycles. The normalized spacial score (nSPS) is 39.0. The van der Waals surface area contributed by atoms with Gasteiger partial charge in [-0.3, -0.25) is 5.32 Å². The molecule has 16 heavy (non-hydrogen) atoms. The van der Waals surface area contributed by atoms with Crippen LogP contribution >= 0.6 is 0 Å². The molecule has 0 aromatic heterocycles. The molecular formula is C13H23NO2. The third-order valence-electron chi connectivity index (χ3n) is 4.47. The largest absolute Gasteiger partial charge is 0.377 e. The van der Waals surface area contributed by atoms with Crippen molar-refractivity contribution < 1.29 is 9.47 Å². The zero-order chi connectivity index (χ0) is 10.9. The smallest absolute Gasteiger partial charge is 0.143 e. The first kappa shape index (κ1) is 11.0. The lowest BCUT2D eigenvalue weighted by atomic mass is 9.77. The maximum atomic E-state index is 6.00. The van der Waals surface area contributed by atoms with Gasteiger partial charge in [-0.25, -0.2) is 0 Å². The molecule has 3 heteroatoms. The summed E-state index contributed by atoms with van der Waals surface area (Å²) in [4.78, 5) is 0. The Bertz CT molecular complexity index is 207. The molecule has 2 saturated heterocycles. The van der Waals surface area contributed by atoms with Crippen LogP contribution in [0.5, 0.6) is 0 Å². The van der Waals surface area contributed by atoms with Gasteiger partial charge in [0.1, 0.15) is 5.72 Å². The predicted molar refractivity (Wildman–Crippen MR) is 62.3 cm³/mol. The second-order valence-corrected chi connectivity index (χ2v) is 5.71. The molecule has 1 atom stereocenters. The SMILES string of the molecule is C1CCC2(CC1)CCOC1(CCCOC1)N2. The van der Waals surface area contributed by atoms with Crippen molar-refractivity contribution in [2.45, 2.75) is 62.6 Å². The first-order chi connectivity index (χ1) is 7.83. The topological polar surface area (TPSA) is 30.5 Å². The van der Waals surface area contributed by atoms with Gasteiger partial charge in [-0.1, -0.05) is 19.3 Å². The van der Waals surface area contributed by atoms with E-state index in [2.05, 4.69) is 5.32 Å². The summed E-state index contributed by atoms with van der Waals surface area (Å²) in [6, 6.07) is 0. The van der Waals surface area contributed by atoms with E-state index in [-0.39, 0.29) is 5.72 Å². The highest BCUT2D eigenvalue weighted by Crippen LogP contribution is 2.38. The summed E-state index contributed by atoms with van der Waals surface area (Å²) in [6.07, 6.45) is 10.3. The fourth-order valence-electron chi connectivity index (χ4n) is 3.61. The Kier molecular flexibility index (Phi) is 2.94. The summed E-state index contributed by atoms with van der Waals surface area (Å²) in [6.45, 7) is 2.56. The van der Waals surface area contributed by atoms with Crippen LogP contribution in [0.2, 0.25) is 0 Å². The summed E-state index contributed by atoms with van der Waals surface area (Å²) >= 11 is 0. The number of rotatable bonds is 0. The van der Waals surface area contributed by atoms with Crippen molar-refractivity contribution in [1.29, 1.82) is 0 Å². The van der Waals surface area contributed by atoms with E-state index in [0.29, 0.717) is 5.54 Å². The van der Waals surface area contributed by atoms with Crippen LogP contribution in [0.4, 0.5) is 0 Å². The highest BCUT2D eigenvalue weighted by molar-refractivity contribution is 4.99. The van der Waals surface area contributed by atoms with Gasteiger partial charge >= 0.3 is 0 Å². The van der Waals surface area contributed by atoms with Gasteiger partial charge in [0.05, 0.1) is 13.2 Å². The third kappa shape index (κ3) is 2.01. The fourth-order valence-corrected chi connectivity index (χ4v) is 3.61. The number of nitrogens with one attached hydrogen (secondary N) is 1. The summed E-state index contributed by atoms with van der Waals surface area (Å²) in [5, 5.41) is 3.84. The second kappa shape index (κ2) is 4.28. The molecule has 3 rings (SSSR count). The molecule has 2 aliphatic heterocycles. The standard InChI is InChI=1S/C13H23NO2/c1-2-5-12(6-3-1)8-10-16-13(14-12)7-4-9-15-11-13/h14H,1-11H2. The third-order valence-corrected chi connectivity index (χ3v) is 4.47. The predicted octanol–water partition coefficient (Wildman–Crippen LogP) is 2.21. The van der Waals surface area contributed by atoms with Crippen LogP contribution in [-0.2, 0) is 9.47 Å². The zero-order valence-corrected chi connectivity index (χ0v) is 10.1. The molecule has 3 nitrogen and oxygen atoms in total. The van der Waals surface area contributed by atoms with Gasteiger partial charge in [-0.15, -0.1) is 0 Å². The van der Waals surface area contributed by atoms with E-state index in [9.17, 15) is 0 Å². The van der Waals surface area contributed by atoms with E-state index < -0.39 is 0 Å². The Morgan fingerprint density at radius 2 is 1.69 bits per heavy atom. The Morgan fingerprint density at radius 1 is 0.812 bits per heavy atom. The summed E-state index contributed by atoms with van der Waals surface area (Å²) in [7, 11) is 0. The van der Waals surface area contributed by atoms with Crippen LogP contribution in [0.1, 0.15) is 51.4 Å². The lowest BCUT2D eigenvalue weighted by molar-refractivity contribution is -0.192. The summed E-state index contributed by atoms with van der Waals surface area (Å²) < 4.78 is 11.6. The average Bonchev–Trinajstić information content (AvgIpc) is 2.31. The molecule has 2 spiro atoms. The van der Waals surface area contributed by atoms with Gasteiger partial charge in [0.25, 0.3) is 0 Å². The van der Waals surface area contributed by atoms with Crippen molar-refractivity contribution in [2.75, 3.05) is 19.8 Å². The minimum atomic E-state index is -0.145. The number of hydrogen-bond donors (Lipinski definition) is 1. The van der Waals surface area contributed by atoms with Crippen LogP contribution in [-0.4, -0.2) is 31.1 Å². The Hall–Kier alpha value is -0.120. The maximum Gasteiger partial charge on any atom is 0.143 e. The quantitative estimate of drug-likeness (QED) is 0.685. The molecule has 3 fully saturated rings. The molecule has 3 aliphatic rings. The van der Waals surface area contributed by atoms with Crippen molar-refractivity contribution in [3.63, 3.8) is 0 Å². The minimum Gasteiger partial charge on any atom is -0.377 e. The maximum absolute atomic E-state index is 6.00. The van der Waals surface area contributed by atoms with E-state index in [1.54, 1.807) is 0 Å². The van der Waals surface area contributed by atoms with Crippen LogP contribution in [0.25, 0.3) is 0 Å². The minimum absolute atomic E-state index is 0.145.